The summed E-state index contributed by atoms with van der Waals surface area (Å²) in [7, 11) is 1.52. The second-order valence-corrected chi connectivity index (χ2v) is 2.85. The zero-order valence-electron chi connectivity index (χ0n) is 7.27. The van der Waals surface area contributed by atoms with Gasteiger partial charge in [0, 0.05) is 12.1 Å². The molecule has 1 saturated heterocycles. The van der Waals surface area contributed by atoms with Crippen LogP contribution in [0.25, 0.3) is 0 Å². The fraction of sp³-hybridized carbons (Fsp3) is 0.500. The maximum absolute atomic E-state index is 11.2. The molecule has 2 rings (SSSR count). The summed E-state index contributed by atoms with van der Waals surface area (Å²) >= 11 is 0. The predicted molar refractivity (Wildman–Crippen MR) is 44.8 cm³/mol. The van der Waals surface area contributed by atoms with Crippen molar-refractivity contribution in [3.63, 3.8) is 0 Å². The summed E-state index contributed by atoms with van der Waals surface area (Å²) in [4.78, 5) is 11.2. The van der Waals surface area contributed by atoms with Crippen molar-refractivity contribution < 1.29 is 9.47 Å². The van der Waals surface area contributed by atoms with Gasteiger partial charge in [-0.05, 0) is 0 Å². The van der Waals surface area contributed by atoms with Gasteiger partial charge < -0.3 is 9.47 Å². The fourth-order valence-corrected chi connectivity index (χ4v) is 1.04. The maximum Gasteiger partial charge on any atom is 0.267 e. The van der Waals surface area contributed by atoms with Crippen LogP contribution >= 0.6 is 0 Å². The van der Waals surface area contributed by atoms with Crippen molar-refractivity contribution in [3.8, 4) is 5.88 Å². The van der Waals surface area contributed by atoms with Crippen LogP contribution in [0.4, 0.5) is 0 Å². The molecular formula is C8H10N2O3. The van der Waals surface area contributed by atoms with Crippen molar-refractivity contribution in [1.29, 1.82) is 0 Å². The van der Waals surface area contributed by atoms with Crippen LogP contribution in [0.15, 0.2) is 16.9 Å². The summed E-state index contributed by atoms with van der Waals surface area (Å²) in [5.74, 6) is 0.445. The van der Waals surface area contributed by atoms with E-state index in [1.807, 2.05) is 0 Å². The Kier molecular flexibility index (Phi) is 2.02. The molecule has 1 unspecified atom stereocenters. The summed E-state index contributed by atoms with van der Waals surface area (Å²) in [5.41, 5.74) is -0.128. The first kappa shape index (κ1) is 8.25. The van der Waals surface area contributed by atoms with Crippen molar-refractivity contribution >= 4 is 0 Å². The average molecular weight is 182 g/mol. The van der Waals surface area contributed by atoms with E-state index in [2.05, 4.69) is 5.10 Å². The van der Waals surface area contributed by atoms with E-state index in [1.165, 1.54) is 17.9 Å². The SMILES string of the molecule is COc1ccc(=O)n(CC2CO2)n1. The van der Waals surface area contributed by atoms with Crippen LogP contribution in [-0.2, 0) is 11.3 Å². The molecule has 0 aliphatic carbocycles. The molecule has 1 atom stereocenters. The highest BCUT2D eigenvalue weighted by Gasteiger charge is 2.23. The number of rotatable bonds is 3. The van der Waals surface area contributed by atoms with Crippen LogP contribution in [0.5, 0.6) is 5.88 Å². The lowest BCUT2D eigenvalue weighted by Gasteiger charge is -2.03. The predicted octanol–water partition coefficient (Wildman–Crippen LogP) is -0.349. The lowest BCUT2D eigenvalue weighted by Crippen LogP contribution is -2.24. The van der Waals surface area contributed by atoms with Crippen LogP contribution in [0.1, 0.15) is 0 Å². The molecule has 13 heavy (non-hydrogen) atoms. The van der Waals surface area contributed by atoms with Crippen LogP contribution in [0, 0.1) is 0 Å². The van der Waals surface area contributed by atoms with Crippen LogP contribution in [0.3, 0.4) is 0 Å². The third kappa shape index (κ3) is 1.86. The number of hydrogen-bond donors (Lipinski definition) is 0. The summed E-state index contributed by atoms with van der Waals surface area (Å²) in [6, 6.07) is 2.99. The minimum Gasteiger partial charge on any atom is -0.480 e. The summed E-state index contributed by atoms with van der Waals surface area (Å²) < 4.78 is 11.3. The fourth-order valence-electron chi connectivity index (χ4n) is 1.04. The Morgan fingerprint density at radius 2 is 2.54 bits per heavy atom. The molecule has 1 aromatic heterocycles. The Balaban J connectivity index is 2.24. The molecule has 5 heteroatoms. The third-order valence-corrected chi connectivity index (χ3v) is 1.83. The molecule has 1 aromatic rings. The van der Waals surface area contributed by atoms with Gasteiger partial charge in [0.05, 0.1) is 20.3 Å². The molecule has 0 amide bonds. The highest BCUT2D eigenvalue weighted by Crippen LogP contribution is 2.10. The molecular weight excluding hydrogens is 172 g/mol. The van der Waals surface area contributed by atoms with E-state index >= 15 is 0 Å². The van der Waals surface area contributed by atoms with Crippen molar-refractivity contribution in [2.45, 2.75) is 12.6 Å². The molecule has 0 N–H and O–H groups in total. The molecule has 1 aliphatic rings. The largest absolute Gasteiger partial charge is 0.480 e. The van der Waals surface area contributed by atoms with E-state index in [9.17, 15) is 4.79 Å². The second kappa shape index (κ2) is 3.18. The molecule has 0 bridgehead atoms. The minimum atomic E-state index is -0.128. The highest BCUT2D eigenvalue weighted by atomic mass is 16.6. The van der Waals surface area contributed by atoms with Gasteiger partial charge in [0.15, 0.2) is 0 Å². The van der Waals surface area contributed by atoms with E-state index in [4.69, 9.17) is 9.47 Å². The standard InChI is InChI=1S/C8H10N2O3/c1-12-7-2-3-8(11)10(9-7)4-6-5-13-6/h2-3,6H,4-5H2,1H3. The normalized spacial score (nSPS) is 19.9. The van der Waals surface area contributed by atoms with Gasteiger partial charge in [-0.25, -0.2) is 4.68 Å². The van der Waals surface area contributed by atoms with Gasteiger partial charge in [-0.3, -0.25) is 4.79 Å². The van der Waals surface area contributed by atoms with E-state index < -0.39 is 0 Å². The van der Waals surface area contributed by atoms with Crippen molar-refractivity contribution in [1.82, 2.24) is 9.78 Å². The first-order valence-corrected chi connectivity index (χ1v) is 4.03. The van der Waals surface area contributed by atoms with E-state index in [0.717, 1.165) is 0 Å². The van der Waals surface area contributed by atoms with Gasteiger partial charge in [-0.1, -0.05) is 0 Å². The van der Waals surface area contributed by atoms with Crippen LogP contribution in [0.2, 0.25) is 0 Å². The van der Waals surface area contributed by atoms with E-state index in [-0.39, 0.29) is 11.7 Å². The van der Waals surface area contributed by atoms with Gasteiger partial charge in [-0.15, -0.1) is 5.10 Å². The molecule has 1 fully saturated rings. The Hall–Kier alpha value is -1.36. The molecule has 0 spiro atoms. The Morgan fingerprint density at radius 1 is 1.77 bits per heavy atom. The number of methoxy groups -OCH3 is 1. The molecule has 5 nitrogen and oxygen atoms in total. The van der Waals surface area contributed by atoms with E-state index in [1.54, 1.807) is 6.07 Å². The first-order valence-electron chi connectivity index (χ1n) is 4.03. The Morgan fingerprint density at radius 3 is 3.15 bits per heavy atom. The summed E-state index contributed by atoms with van der Waals surface area (Å²) in [6.45, 7) is 1.22. The van der Waals surface area contributed by atoms with Gasteiger partial charge >= 0.3 is 0 Å². The van der Waals surface area contributed by atoms with Gasteiger partial charge in [0.1, 0.15) is 6.10 Å². The third-order valence-electron chi connectivity index (χ3n) is 1.83. The monoisotopic (exact) mass is 182 g/mol. The molecule has 70 valence electrons. The quantitative estimate of drug-likeness (QED) is 0.599. The van der Waals surface area contributed by atoms with Crippen LogP contribution < -0.4 is 10.3 Å². The number of ether oxygens (including phenoxy) is 2. The maximum atomic E-state index is 11.2. The molecule has 1 aliphatic heterocycles. The van der Waals surface area contributed by atoms with Crippen LogP contribution in [-0.4, -0.2) is 29.6 Å². The molecule has 0 saturated carbocycles. The van der Waals surface area contributed by atoms with Gasteiger partial charge in [-0.2, -0.15) is 0 Å². The molecule has 2 heterocycles. The number of hydrogen-bond acceptors (Lipinski definition) is 4. The minimum absolute atomic E-state index is 0.128. The summed E-state index contributed by atoms with van der Waals surface area (Å²) in [6.07, 6.45) is 0.150. The molecule has 0 aromatic carbocycles. The highest BCUT2D eigenvalue weighted by molar-refractivity contribution is 5.06. The van der Waals surface area contributed by atoms with Crippen molar-refractivity contribution in [2.24, 2.45) is 0 Å². The Bertz CT molecular complexity index is 357. The number of epoxide rings is 1. The van der Waals surface area contributed by atoms with Gasteiger partial charge in [0.25, 0.3) is 5.56 Å². The van der Waals surface area contributed by atoms with Crippen molar-refractivity contribution in [2.75, 3.05) is 13.7 Å². The van der Waals surface area contributed by atoms with Gasteiger partial charge in [0.2, 0.25) is 5.88 Å². The smallest absolute Gasteiger partial charge is 0.267 e. The van der Waals surface area contributed by atoms with E-state index in [0.29, 0.717) is 19.0 Å². The lowest BCUT2D eigenvalue weighted by atomic mass is 10.4. The Labute approximate surface area is 74.9 Å². The first-order chi connectivity index (χ1) is 6.29. The summed E-state index contributed by atoms with van der Waals surface area (Å²) in [5, 5.41) is 3.97. The average Bonchev–Trinajstić information content (AvgIpc) is 2.93. The molecule has 0 radical (unpaired) electrons. The number of aromatic nitrogens is 2. The second-order valence-electron chi connectivity index (χ2n) is 2.85. The number of nitrogens with zero attached hydrogens (tertiary/aromatic N) is 2. The lowest BCUT2D eigenvalue weighted by molar-refractivity contribution is 0.345. The van der Waals surface area contributed by atoms with Crippen molar-refractivity contribution in [3.05, 3.63) is 22.5 Å². The zero-order valence-corrected chi connectivity index (χ0v) is 7.27. The zero-order chi connectivity index (χ0) is 9.26. The topological polar surface area (TPSA) is 56.6 Å².